The fourth-order valence-electron chi connectivity index (χ4n) is 3.34. The SMILES string of the molecule is CC.NC=O.O=C(NC1CCC1)c1cc(Cl)c(C(F)(F)F)cc1N1CCCC(F)(F)CC1. The van der Waals surface area contributed by atoms with Gasteiger partial charge in [-0.25, -0.2) is 8.78 Å². The Bertz CT molecular complexity index is 771. The maximum atomic E-state index is 13.7. The highest BCUT2D eigenvalue weighted by molar-refractivity contribution is 6.32. The molecule has 1 aliphatic heterocycles. The molecule has 1 aromatic carbocycles. The molecular weight excluding hydrogens is 457 g/mol. The highest BCUT2D eigenvalue weighted by Gasteiger charge is 2.37. The molecule has 0 spiro atoms. The van der Waals surface area contributed by atoms with Crippen molar-refractivity contribution in [3.05, 3.63) is 28.3 Å². The van der Waals surface area contributed by atoms with Crippen LogP contribution >= 0.6 is 11.6 Å². The Hall–Kier alpha value is -2.10. The second-order valence-corrected chi connectivity index (χ2v) is 7.69. The third-order valence-corrected chi connectivity index (χ3v) is 5.45. The number of hydrogen-bond donors (Lipinski definition) is 2. The molecule has 11 heteroatoms. The van der Waals surface area contributed by atoms with Crippen LogP contribution in [0, 0.1) is 0 Å². The normalized spacial score (nSPS) is 18.1. The Morgan fingerprint density at radius 3 is 2.28 bits per heavy atom. The molecule has 0 aromatic heterocycles. The van der Waals surface area contributed by atoms with Crippen LogP contribution in [0.4, 0.5) is 27.6 Å². The number of benzene rings is 1. The predicted molar refractivity (Wildman–Crippen MR) is 114 cm³/mol. The lowest BCUT2D eigenvalue weighted by Crippen LogP contribution is -2.40. The van der Waals surface area contributed by atoms with E-state index in [0.29, 0.717) is 0 Å². The molecular formula is C21H29ClF5N3O2. The Morgan fingerprint density at radius 1 is 1.19 bits per heavy atom. The van der Waals surface area contributed by atoms with Gasteiger partial charge in [-0.2, -0.15) is 13.2 Å². The van der Waals surface area contributed by atoms with Crippen molar-refractivity contribution in [3.8, 4) is 0 Å². The quantitative estimate of drug-likeness (QED) is 0.445. The topological polar surface area (TPSA) is 75.4 Å². The molecule has 1 aliphatic carbocycles. The number of halogens is 6. The molecule has 0 radical (unpaired) electrons. The highest BCUT2D eigenvalue weighted by Crippen LogP contribution is 2.40. The van der Waals surface area contributed by atoms with Gasteiger partial charge in [-0.15, -0.1) is 0 Å². The third-order valence-electron chi connectivity index (χ3n) is 5.13. The van der Waals surface area contributed by atoms with Crippen LogP contribution in [0.2, 0.25) is 5.02 Å². The van der Waals surface area contributed by atoms with E-state index >= 15 is 0 Å². The predicted octanol–water partition coefficient (Wildman–Crippen LogP) is 5.39. The summed E-state index contributed by atoms with van der Waals surface area (Å²) in [6.07, 6.45) is -2.53. The van der Waals surface area contributed by atoms with E-state index in [4.69, 9.17) is 16.4 Å². The van der Waals surface area contributed by atoms with Crippen molar-refractivity contribution in [1.29, 1.82) is 0 Å². The number of amides is 2. The number of alkyl halides is 5. The summed E-state index contributed by atoms with van der Waals surface area (Å²) in [6, 6.07) is 1.79. The fraction of sp³-hybridized carbons (Fsp3) is 0.619. The minimum Gasteiger partial charge on any atom is -0.372 e. The molecule has 1 saturated carbocycles. The van der Waals surface area contributed by atoms with E-state index in [9.17, 15) is 26.7 Å². The summed E-state index contributed by atoms with van der Waals surface area (Å²) in [6.45, 7) is 4.02. The van der Waals surface area contributed by atoms with Crippen molar-refractivity contribution in [2.45, 2.75) is 70.5 Å². The molecule has 3 N–H and O–H groups in total. The second kappa shape index (κ2) is 12.2. The molecule has 182 valence electrons. The van der Waals surface area contributed by atoms with Crippen molar-refractivity contribution >= 4 is 29.6 Å². The van der Waals surface area contributed by atoms with Crippen LogP contribution in [0.1, 0.15) is 68.3 Å². The van der Waals surface area contributed by atoms with E-state index in [2.05, 4.69) is 11.1 Å². The van der Waals surface area contributed by atoms with Gasteiger partial charge in [0.05, 0.1) is 21.8 Å². The van der Waals surface area contributed by atoms with Crippen molar-refractivity contribution in [2.24, 2.45) is 5.73 Å². The standard InChI is InChI=1S/C18H20ClF5N2O.C2H6.CH3NO/c19-14-9-12(16(27)25-11-3-1-4-11)15(10-13(14)18(22,23)24)26-7-2-5-17(20,21)6-8-26;1-2;2-1-3/h9-11H,1-8H2,(H,25,27);1-2H3;1H,(H2,2,3). The molecule has 5 nitrogen and oxygen atoms in total. The third kappa shape index (κ3) is 7.79. The number of carbonyl (C=O) groups excluding carboxylic acids is 2. The largest absolute Gasteiger partial charge is 0.417 e. The average Bonchev–Trinajstić information content (AvgIpc) is 2.86. The van der Waals surface area contributed by atoms with E-state index in [-0.39, 0.29) is 49.6 Å². The number of nitrogens with zero attached hydrogens (tertiary/aromatic N) is 1. The summed E-state index contributed by atoms with van der Waals surface area (Å²) in [4.78, 5) is 22.6. The van der Waals surface area contributed by atoms with Crippen LogP contribution in [0.15, 0.2) is 12.1 Å². The second-order valence-electron chi connectivity index (χ2n) is 7.28. The van der Waals surface area contributed by atoms with E-state index in [1.807, 2.05) is 13.8 Å². The highest BCUT2D eigenvalue weighted by atomic mass is 35.5. The zero-order chi connectivity index (χ0) is 24.5. The van der Waals surface area contributed by atoms with Crippen LogP contribution in [-0.2, 0) is 11.0 Å². The maximum Gasteiger partial charge on any atom is 0.417 e. The molecule has 2 aliphatic rings. The zero-order valence-corrected chi connectivity index (χ0v) is 18.8. The average molecular weight is 486 g/mol. The van der Waals surface area contributed by atoms with Crippen LogP contribution in [0.5, 0.6) is 0 Å². The lowest BCUT2D eigenvalue weighted by atomic mass is 9.92. The van der Waals surface area contributed by atoms with E-state index in [1.165, 1.54) is 4.90 Å². The number of nitrogens with one attached hydrogen (secondary N) is 1. The Kier molecular flexibility index (Phi) is 10.7. The van der Waals surface area contributed by atoms with Crippen molar-refractivity contribution in [2.75, 3.05) is 18.0 Å². The number of rotatable bonds is 3. The molecule has 3 rings (SSSR count). The molecule has 2 fully saturated rings. The van der Waals surface area contributed by atoms with Gasteiger partial charge in [-0.05, 0) is 37.8 Å². The Balaban J connectivity index is 0.000000944. The Morgan fingerprint density at radius 2 is 1.78 bits per heavy atom. The molecule has 32 heavy (non-hydrogen) atoms. The molecule has 1 aromatic rings. The first-order valence-electron chi connectivity index (χ1n) is 10.5. The van der Waals surface area contributed by atoms with E-state index in [1.54, 1.807) is 0 Å². The summed E-state index contributed by atoms with van der Waals surface area (Å²) < 4.78 is 67.2. The first-order valence-corrected chi connectivity index (χ1v) is 10.9. The minimum absolute atomic E-state index is 0.00116. The number of nitrogens with two attached hydrogens (primary N) is 1. The summed E-state index contributed by atoms with van der Waals surface area (Å²) in [5.74, 6) is -3.39. The molecule has 2 amide bonds. The van der Waals surface area contributed by atoms with Crippen LogP contribution in [-0.4, -0.2) is 37.4 Å². The van der Waals surface area contributed by atoms with Crippen LogP contribution in [0.25, 0.3) is 0 Å². The van der Waals surface area contributed by atoms with Gasteiger partial charge in [0, 0.05) is 32.0 Å². The molecule has 1 heterocycles. The van der Waals surface area contributed by atoms with Gasteiger partial charge in [0.2, 0.25) is 12.3 Å². The number of carbonyl (C=O) groups is 2. The van der Waals surface area contributed by atoms with Gasteiger partial charge < -0.3 is 16.0 Å². The number of anilines is 1. The van der Waals surface area contributed by atoms with E-state index in [0.717, 1.165) is 31.4 Å². The lowest BCUT2D eigenvalue weighted by molar-refractivity contribution is -0.137. The molecule has 0 bridgehead atoms. The molecule has 0 atom stereocenters. The smallest absolute Gasteiger partial charge is 0.372 e. The van der Waals surface area contributed by atoms with Gasteiger partial charge >= 0.3 is 6.18 Å². The molecule has 1 saturated heterocycles. The number of hydrogen-bond acceptors (Lipinski definition) is 3. The minimum atomic E-state index is -4.70. The lowest BCUT2D eigenvalue weighted by Gasteiger charge is -2.29. The summed E-state index contributed by atoms with van der Waals surface area (Å²) in [7, 11) is 0. The zero-order valence-electron chi connectivity index (χ0n) is 18.1. The molecule has 0 unspecified atom stereocenters. The monoisotopic (exact) mass is 485 g/mol. The summed E-state index contributed by atoms with van der Waals surface area (Å²) in [5.41, 5.74) is 3.08. The van der Waals surface area contributed by atoms with Crippen LogP contribution in [0.3, 0.4) is 0 Å². The van der Waals surface area contributed by atoms with Crippen molar-refractivity contribution in [3.63, 3.8) is 0 Å². The van der Waals surface area contributed by atoms with E-state index < -0.39 is 35.0 Å². The number of primary amides is 1. The maximum absolute atomic E-state index is 13.7. The van der Waals surface area contributed by atoms with Gasteiger partial charge in [0.15, 0.2) is 0 Å². The van der Waals surface area contributed by atoms with Crippen LogP contribution < -0.4 is 16.0 Å². The summed E-state index contributed by atoms with van der Waals surface area (Å²) >= 11 is 5.79. The summed E-state index contributed by atoms with van der Waals surface area (Å²) in [5, 5.41) is 2.20. The van der Waals surface area contributed by atoms with Gasteiger partial charge in [0.1, 0.15) is 0 Å². The first-order chi connectivity index (χ1) is 15.0. The van der Waals surface area contributed by atoms with Gasteiger partial charge in [0.25, 0.3) is 5.91 Å². The van der Waals surface area contributed by atoms with Crippen molar-refractivity contribution in [1.82, 2.24) is 5.32 Å². The van der Waals surface area contributed by atoms with Gasteiger partial charge in [-0.3, -0.25) is 9.59 Å². The van der Waals surface area contributed by atoms with Gasteiger partial charge in [-0.1, -0.05) is 25.4 Å². The fourth-order valence-corrected chi connectivity index (χ4v) is 3.61. The Labute approximate surface area is 189 Å². The first kappa shape index (κ1) is 27.9. The van der Waals surface area contributed by atoms with Crippen molar-refractivity contribution < 1.29 is 31.5 Å².